The lowest BCUT2D eigenvalue weighted by molar-refractivity contribution is 0.311. The molecule has 1 aliphatic rings. The predicted octanol–water partition coefficient (Wildman–Crippen LogP) is 3.99. The number of aromatic amines is 1. The molecule has 1 aliphatic heterocycles. The molecular formula is C22H24FN7O2. The standard InChI is InChI=1S/C22H24FN7O2/c1-13-8-15-10-16(11-17(23)21(15)24-13)31-22-26-18(25-20-9-14(2)28-32-20)12-19(27-22)30-6-4-29(3)5-7-30/h8-12,24H,4-7H2,1-3H3,(H,25,26,27). The largest absolute Gasteiger partial charge is 0.424 e. The number of hydrogen-bond acceptors (Lipinski definition) is 8. The Morgan fingerprint density at radius 3 is 2.62 bits per heavy atom. The highest BCUT2D eigenvalue weighted by molar-refractivity contribution is 5.82. The molecule has 1 saturated heterocycles. The van der Waals surface area contributed by atoms with E-state index in [1.54, 1.807) is 12.1 Å². The number of anilines is 3. The van der Waals surface area contributed by atoms with Gasteiger partial charge in [0, 0.05) is 55.5 Å². The molecule has 0 radical (unpaired) electrons. The lowest BCUT2D eigenvalue weighted by Gasteiger charge is -2.33. The molecule has 4 heterocycles. The Balaban J connectivity index is 1.48. The van der Waals surface area contributed by atoms with E-state index in [9.17, 15) is 4.39 Å². The van der Waals surface area contributed by atoms with Crippen molar-refractivity contribution in [3.63, 3.8) is 0 Å². The molecule has 0 amide bonds. The van der Waals surface area contributed by atoms with Crippen LogP contribution in [0.5, 0.6) is 11.8 Å². The van der Waals surface area contributed by atoms with Gasteiger partial charge in [-0.1, -0.05) is 5.16 Å². The van der Waals surface area contributed by atoms with Crippen molar-refractivity contribution in [3.8, 4) is 11.8 Å². The van der Waals surface area contributed by atoms with Gasteiger partial charge in [0.15, 0.2) is 5.82 Å². The highest BCUT2D eigenvalue weighted by Crippen LogP contribution is 2.30. The molecule has 0 saturated carbocycles. The van der Waals surface area contributed by atoms with E-state index in [2.05, 4.69) is 42.3 Å². The first-order valence-corrected chi connectivity index (χ1v) is 10.4. The number of piperazine rings is 1. The van der Waals surface area contributed by atoms with Crippen LogP contribution in [0.25, 0.3) is 10.9 Å². The molecule has 166 valence electrons. The maximum Gasteiger partial charge on any atom is 0.325 e. The lowest BCUT2D eigenvalue weighted by atomic mass is 10.2. The van der Waals surface area contributed by atoms with Crippen molar-refractivity contribution in [1.29, 1.82) is 0 Å². The van der Waals surface area contributed by atoms with E-state index in [-0.39, 0.29) is 6.01 Å². The second-order valence-corrected chi connectivity index (χ2v) is 8.07. The summed E-state index contributed by atoms with van der Waals surface area (Å²) in [6, 6.07) is 8.70. The van der Waals surface area contributed by atoms with Crippen LogP contribution in [-0.2, 0) is 0 Å². The number of hydrogen-bond donors (Lipinski definition) is 2. The number of nitrogens with zero attached hydrogens (tertiary/aromatic N) is 5. The zero-order valence-electron chi connectivity index (χ0n) is 18.1. The highest BCUT2D eigenvalue weighted by atomic mass is 19.1. The van der Waals surface area contributed by atoms with E-state index in [1.807, 2.05) is 26.0 Å². The van der Waals surface area contributed by atoms with Gasteiger partial charge in [0.1, 0.15) is 17.4 Å². The molecule has 0 bridgehead atoms. The average molecular weight is 437 g/mol. The van der Waals surface area contributed by atoms with Crippen LogP contribution in [0.1, 0.15) is 11.4 Å². The fourth-order valence-electron chi connectivity index (χ4n) is 3.75. The molecule has 2 N–H and O–H groups in total. The summed E-state index contributed by atoms with van der Waals surface area (Å²) in [5.74, 6) is 1.62. The van der Waals surface area contributed by atoms with Crippen molar-refractivity contribution in [2.75, 3.05) is 43.4 Å². The summed E-state index contributed by atoms with van der Waals surface area (Å²) in [6.07, 6.45) is 0. The minimum atomic E-state index is -0.392. The number of halogens is 1. The van der Waals surface area contributed by atoms with Crippen LogP contribution in [0, 0.1) is 19.7 Å². The van der Waals surface area contributed by atoms with Crippen molar-refractivity contribution in [1.82, 2.24) is 25.0 Å². The van der Waals surface area contributed by atoms with E-state index in [4.69, 9.17) is 9.26 Å². The van der Waals surface area contributed by atoms with E-state index in [0.29, 0.717) is 23.0 Å². The Kier molecular flexibility index (Phi) is 5.14. The first-order valence-electron chi connectivity index (χ1n) is 10.4. The summed E-state index contributed by atoms with van der Waals surface area (Å²) in [5, 5.41) is 7.72. The van der Waals surface area contributed by atoms with Crippen molar-refractivity contribution >= 4 is 28.4 Å². The van der Waals surface area contributed by atoms with Gasteiger partial charge < -0.3 is 29.4 Å². The number of likely N-dealkylation sites (N-methyl/N-ethyl adjacent to an activating group) is 1. The number of aromatic nitrogens is 4. The van der Waals surface area contributed by atoms with Gasteiger partial charge in [0.05, 0.1) is 11.2 Å². The molecule has 0 spiro atoms. The molecule has 0 atom stereocenters. The summed E-state index contributed by atoms with van der Waals surface area (Å²) in [6.45, 7) is 7.24. The molecule has 4 aromatic rings. The van der Waals surface area contributed by atoms with Crippen LogP contribution in [0.4, 0.5) is 21.9 Å². The summed E-state index contributed by atoms with van der Waals surface area (Å²) in [5.41, 5.74) is 2.08. The summed E-state index contributed by atoms with van der Waals surface area (Å²) in [4.78, 5) is 16.5. The molecule has 0 aliphatic carbocycles. The van der Waals surface area contributed by atoms with Crippen molar-refractivity contribution in [3.05, 3.63) is 47.5 Å². The maximum atomic E-state index is 14.5. The highest BCUT2D eigenvalue weighted by Gasteiger charge is 2.19. The molecular weight excluding hydrogens is 413 g/mol. The van der Waals surface area contributed by atoms with Crippen LogP contribution in [0.2, 0.25) is 0 Å². The van der Waals surface area contributed by atoms with Crippen LogP contribution in [0.15, 0.2) is 34.9 Å². The fourth-order valence-corrected chi connectivity index (χ4v) is 3.75. The van der Waals surface area contributed by atoms with Crippen LogP contribution >= 0.6 is 0 Å². The first-order chi connectivity index (χ1) is 15.4. The van der Waals surface area contributed by atoms with Crippen molar-refractivity contribution in [2.45, 2.75) is 13.8 Å². The Bertz CT molecular complexity index is 1260. The summed E-state index contributed by atoms with van der Waals surface area (Å²) >= 11 is 0. The van der Waals surface area contributed by atoms with E-state index in [1.165, 1.54) is 6.07 Å². The topological polar surface area (TPSA) is 95.3 Å². The molecule has 32 heavy (non-hydrogen) atoms. The first kappa shape index (κ1) is 20.3. The minimum absolute atomic E-state index is 0.117. The summed E-state index contributed by atoms with van der Waals surface area (Å²) < 4.78 is 25.7. The molecule has 10 heteroatoms. The number of rotatable bonds is 5. The van der Waals surface area contributed by atoms with Gasteiger partial charge in [-0.3, -0.25) is 0 Å². The smallest absolute Gasteiger partial charge is 0.325 e. The van der Waals surface area contributed by atoms with Gasteiger partial charge in [0.2, 0.25) is 5.88 Å². The molecule has 1 aromatic carbocycles. The fraction of sp³-hybridized carbons (Fsp3) is 0.318. The SMILES string of the molecule is Cc1cc(Nc2cc(N3CCN(C)CC3)nc(Oc3cc(F)c4[nH]c(C)cc4c3)n2)on1. The Morgan fingerprint density at radius 2 is 1.88 bits per heavy atom. The second kappa shape index (κ2) is 8.12. The third-order valence-electron chi connectivity index (χ3n) is 5.40. The number of nitrogens with one attached hydrogen (secondary N) is 2. The predicted molar refractivity (Wildman–Crippen MR) is 119 cm³/mol. The number of aryl methyl sites for hydroxylation is 2. The number of H-pyrrole nitrogens is 1. The van der Waals surface area contributed by atoms with E-state index in [0.717, 1.165) is 48.8 Å². The quantitative estimate of drug-likeness (QED) is 0.484. The molecule has 5 rings (SSSR count). The molecule has 3 aromatic heterocycles. The van der Waals surface area contributed by atoms with Crippen LogP contribution in [-0.4, -0.2) is 58.2 Å². The summed E-state index contributed by atoms with van der Waals surface area (Å²) in [7, 11) is 2.10. The molecule has 1 fully saturated rings. The average Bonchev–Trinajstić information content (AvgIpc) is 3.33. The normalized spacial score (nSPS) is 14.8. The minimum Gasteiger partial charge on any atom is -0.424 e. The molecule has 0 unspecified atom stereocenters. The lowest BCUT2D eigenvalue weighted by Crippen LogP contribution is -2.44. The van der Waals surface area contributed by atoms with E-state index < -0.39 is 5.82 Å². The Morgan fingerprint density at radius 1 is 1.06 bits per heavy atom. The van der Waals surface area contributed by atoms with Gasteiger partial charge in [0.25, 0.3) is 0 Å². The number of benzene rings is 1. The van der Waals surface area contributed by atoms with E-state index >= 15 is 0 Å². The van der Waals surface area contributed by atoms with Gasteiger partial charge in [-0.2, -0.15) is 9.97 Å². The zero-order chi connectivity index (χ0) is 22.2. The maximum absolute atomic E-state index is 14.5. The van der Waals surface area contributed by atoms with Gasteiger partial charge in [-0.15, -0.1) is 0 Å². The number of fused-ring (bicyclic) bond motifs is 1. The van der Waals surface area contributed by atoms with Crippen molar-refractivity contribution < 1.29 is 13.7 Å². The molecule has 9 nitrogen and oxygen atoms in total. The number of ether oxygens (including phenoxy) is 1. The van der Waals surface area contributed by atoms with Gasteiger partial charge >= 0.3 is 6.01 Å². The zero-order valence-corrected chi connectivity index (χ0v) is 18.1. The second-order valence-electron chi connectivity index (χ2n) is 8.07. The third-order valence-corrected chi connectivity index (χ3v) is 5.40. The third kappa shape index (κ3) is 4.22. The van der Waals surface area contributed by atoms with Gasteiger partial charge in [-0.05, 0) is 33.0 Å². The monoisotopic (exact) mass is 437 g/mol. The van der Waals surface area contributed by atoms with Crippen LogP contribution in [0.3, 0.4) is 0 Å². The van der Waals surface area contributed by atoms with Gasteiger partial charge in [-0.25, -0.2) is 4.39 Å². The Hall–Kier alpha value is -3.66. The Labute approximate surface area is 184 Å². The van der Waals surface area contributed by atoms with Crippen LogP contribution < -0.4 is 15.0 Å². The van der Waals surface area contributed by atoms with Crippen molar-refractivity contribution in [2.24, 2.45) is 0 Å².